The van der Waals surface area contributed by atoms with E-state index < -0.39 is 0 Å². The molecule has 0 saturated heterocycles. The summed E-state index contributed by atoms with van der Waals surface area (Å²) < 4.78 is 13.1. The van der Waals surface area contributed by atoms with Crippen molar-refractivity contribution in [2.75, 3.05) is 0 Å². The lowest BCUT2D eigenvalue weighted by Gasteiger charge is -2.19. The Kier molecular flexibility index (Phi) is 5.89. The van der Waals surface area contributed by atoms with Crippen LogP contribution in [0.15, 0.2) is 84.9 Å². The lowest BCUT2D eigenvalue weighted by atomic mass is 9.99. The normalized spacial score (nSPS) is 11.8. The summed E-state index contributed by atoms with van der Waals surface area (Å²) >= 11 is 0. The molecule has 0 aliphatic heterocycles. The minimum absolute atomic E-state index is 0.0632. The van der Waals surface area contributed by atoms with Crippen LogP contribution in [-0.4, -0.2) is 26.1 Å². The molecule has 0 unspecified atom stereocenters. The lowest BCUT2D eigenvalue weighted by Crippen LogP contribution is -2.33. The van der Waals surface area contributed by atoms with Gasteiger partial charge in [0.2, 0.25) is 11.7 Å². The summed E-state index contributed by atoms with van der Waals surface area (Å²) in [4.78, 5) is 13.9. The molecule has 0 bridgehead atoms. The highest BCUT2D eigenvalue weighted by Gasteiger charge is 2.17. The van der Waals surface area contributed by atoms with E-state index >= 15 is 0 Å². The molecular weight excluding hydrogens is 381 g/mol. The van der Waals surface area contributed by atoms with Gasteiger partial charge in [-0.2, -0.15) is 4.80 Å². The first-order valence-corrected chi connectivity index (χ1v) is 9.59. The number of halogens is 1. The molecule has 0 aliphatic carbocycles. The summed E-state index contributed by atoms with van der Waals surface area (Å²) in [6.07, 6.45) is 0.669. The van der Waals surface area contributed by atoms with Crippen molar-refractivity contribution in [3.63, 3.8) is 0 Å². The van der Waals surface area contributed by atoms with Gasteiger partial charge in [0.25, 0.3) is 0 Å². The summed E-state index contributed by atoms with van der Waals surface area (Å²) in [5, 5.41) is 15.2. The minimum atomic E-state index is -0.337. The number of aromatic nitrogens is 4. The highest BCUT2D eigenvalue weighted by molar-refractivity contribution is 5.76. The fraction of sp³-hybridized carbons (Fsp3) is 0.130. The van der Waals surface area contributed by atoms with Gasteiger partial charge in [0.1, 0.15) is 12.4 Å². The molecule has 1 amide bonds. The Bertz CT molecular complexity index is 1100. The molecular formula is C23H20FN5O. The maximum atomic E-state index is 13.1. The summed E-state index contributed by atoms with van der Waals surface area (Å²) in [6, 6.07) is 25.5. The maximum Gasteiger partial charge on any atom is 0.244 e. The molecule has 30 heavy (non-hydrogen) atoms. The van der Waals surface area contributed by atoms with Gasteiger partial charge in [-0.1, -0.05) is 60.7 Å². The van der Waals surface area contributed by atoms with Crippen LogP contribution in [0.1, 0.15) is 17.2 Å². The average Bonchev–Trinajstić information content (AvgIpc) is 3.23. The van der Waals surface area contributed by atoms with Crippen LogP contribution < -0.4 is 5.32 Å². The number of carbonyl (C=O) groups is 1. The number of hydrogen-bond acceptors (Lipinski definition) is 4. The molecule has 1 heterocycles. The average molecular weight is 401 g/mol. The third-order valence-corrected chi connectivity index (χ3v) is 4.66. The van der Waals surface area contributed by atoms with Crippen LogP contribution in [0.2, 0.25) is 0 Å². The molecule has 0 radical (unpaired) electrons. The summed E-state index contributed by atoms with van der Waals surface area (Å²) in [5.74, 6) is -0.217. The van der Waals surface area contributed by atoms with Gasteiger partial charge in [-0.25, -0.2) is 4.39 Å². The van der Waals surface area contributed by atoms with Crippen LogP contribution in [0.5, 0.6) is 0 Å². The minimum Gasteiger partial charge on any atom is -0.347 e. The van der Waals surface area contributed by atoms with Gasteiger partial charge in [0, 0.05) is 5.56 Å². The van der Waals surface area contributed by atoms with Crippen LogP contribution in [0, 0.1) is 5.82 Å². The number of nitrogens with one attached hydrogen (secondary N) is 1. The second-order valence-electron chi connectivity index (χ2n) is 6.87. The molecule has 4 rings (SSSR count). The first-order valence-electron chi connectivity index (χ1n) is 9.59. The molecule has 4 aromatic rings. The zero-order valence-corrected chi connectivity index (χ0v) is 16.1. The molecule has 0 aliphatic rings. The Morgan fingerprint density at radius 2 is 1.60 bits per heavy atom. The number of rotatable bonds is 7. The van der Waals surface area contributed by atoms with Crippen molar-refractivity contribution in [2.24, 2.45) is 0 Å². The van der Waals surface area contributed by atoms with Gasteiger partial charge in [-0.05, 0) is 47.0 Å². The quantitative estimate of drug-likeness (QED) is 0.514. The second-order valence-corrected chi connectivity index (χ2v) is 6.87. The molecule has 6 nitrogen and oxygen atoms in total. The molecule has 1 N–H and O–H groups in total. The van der Waals surface area contributed by atoms with Crippen molar-refractivity contribution in [3.8, 4) is 11.4 Å². The Morgan fingerprint density at radius 1 is 0.933 bits per heavy atom. The SMILES string of the molecule is O=C(Cn1nnc(-c2ccc(F)cc2)n1)N[C@@H](Cc1ccccc1)c1ccccc1. The van der Waals surface area contributed by atoms with Gasteiger partial charge in [0.15, 0.2) is 0 Å². The van der Waals surface area contributed by atoms with E-state index in [0.29, 0.717) is 17.8 Å². The largest absolute Gasteiger partial charge is 0.347 e. The monoisotopic (exact) mass is 401 g/mol. The van der Waals surface area contributed by atoms with Crippen LogP contribution in [0.25, 0.3) is 11.4 Å². The van der Waals surface area contributed by atoms with E-state index in [1.807, 2.05) is 60.7 Å². The van der Waals surface area contributed by atoms with Crippen LogP contribution >= 0.6 is 0 Å². The van der Waals surface area contributed by atoms with Crippen molar-refractivity contribution in [1.82, 2.24) is 25.5 Å². The predicted molar refractivity (Wildman–Crippen MR) is 111 cm³/mol. The number of amides is 1. The molecule has 0 saturated carbocycles. The van der Waals surface area contributed by atoms with Crippen molar-refractivity contribution < 1.29 is 9.18 Å². The van der Waals surface area contributed by atoms with Crippen LogP contribution in [0.4, 0.5) is 4.39 Å². The smallest absolute Gasteiger partial charge is 0.244 e. The fourth-order valence-corrected chi connectivity index (χ4v) is 3.18. The van der Waals surface area contributed by atoms with E-state index in [9.17, 15) is 9.18 Å². The maximum absolute atomic E-state index is 13.1. The lowest BCUT2D eigenvalue weighted by molar-refractivity contribution is -0.122. The predicted octanol–water partition coefficient (Wildman–Crippen LogP) is 3.58. The Labute approximate surface area is 173 Å². The fourth-order valence-electron chi connectivity index (χ4n) is 3.18. The Hall–Kier alpha value is -3.87. The highest BCUT2D eigenvalue weighted by Crippen LogP contribution is 2.18. The van der Waals surface area contributed by atoms with Crippen molar-refractivity contribution in [1.29, 1.82) is 0 Å². The number of benzene rings is 3. The van der Waals surface area contributed by atoms with Crippen LogP contribution in [0.3, 0.4) is 0 Å². The zero-order valence-electron chi connectivity index (χ0n) is 16.1. The molecule has 3 aromatic carbocycles. The summed E-state index contributed by atoms with van der Waals surface area (Å²) in [5.41, 5.74) is 2.78. The second kappa shape index (κ2) is 9.09. The van der Waals surface area contributed by atoms with Gasteiger partial charge >= 0.3 is 0 Å². The standard InChI is InChI=1S/C23H20FN5O/c24-20-13-11-19(12-14-20)23-26-28-29(27-23)16-22(30)25-21(18-9-5-2-6-10-18)15-17-7-3-1-4-8-17/h1-14,21H,15-16H2,(H,25,30)/t21-/m0/s1. The van der Waals surface area contributed by atoms with E-state index in [1.54, 1.807) is 12.1 Å². The first kappa shape index (κ1) is 19.4. The Balaban J connectivity index is 1.46. The van der Waals surface area contributed by atoms with Gasteiger partial charge in [0.05, 0.1) is 6.04 Å². The summed E-state index contributed by atoms with van der Waals surface area (Å²) in [7, 11) is 0. The third kappa shape index (κ3) is 4.94. The van der Waals surface area contributed by atoms with Crippen LogP contribution in [-0.2, 0) is 17.8 Å². The molecule has 0 fully saturated rings. The van der Waals surface area contributed by atoms with Crippen molar-refractivity contribution >= 4 is 5.91 Å². The van der Waals surface area contributed by atoms with Crippen molar-refractivity contribution in [3.05, 3.63) is 102 Å². The van der Waals surface area contributed by atoms with E-state index in [1.165, 1.54) is 16.9 Å². The molecule has 7 heteroatoms. The molecule has 1 aromatic heterocycles. The number of nitrogens with zero attached hydrogens (tertiary/aromatic N) is 4. The van der Waals surface area contributed by atoms with Gasteiger partial charge < -0.3 is 5.32 Å². The molecule has 1 atom stereocenters. The third-order valence-electron chi connectivity index (χ3n) is 4.66. The zero-order chi connectivity index (χ0) is 20.8. The van der Waals surface area contributed by atoms with Gasteiger partial charge in [-0.15, -0.1) is 10.2 Å². The van der Waals surface area contributed by atoms with Gasteiger partial charge in [-0.3, -0.25) is 4.79 Å². The topological polar surface area (TPSA) is 72.7 Å². The summed E-state index contributed by atoms with van der Waals surface area (Å²) in [6.45, 7) is -0.0632. The van der Waals surface area contributed by atoms with E-state index in [2.05, 4.69) is 20.7 Å². The molecule has 0 spiro atoms. The first-order chi connectivity index (χ1) is 14.7. The van der Waals surface area contributed by atoms with Crippen molar-refractivity contribution in [2.45, 2.75) is 19.0 Å². The molecule has 150 valence electrons. The number of tetrazole rings is 1. The van der Waals surface area contributed by atoms with E-state index in [-0.39, 0.29) is 24.3 Å². The Morgan fingerprint density at radius 3 is 2.30 bits per heavy atom. The van der Waals surface area contributed by atoms with E-state index in [4.69, 9.17) is 0 Å². The highest BCUT2D eigenvalue weighted by atomic mass is 19.1. The number of carbonyl (C=O) groups excluding carboxylic acids is 1. The van der Waals surface area contributed by atoms with E-state index in [0.717, 1.165) is 11.1 Å². The number of hydrogen-bond donors (Lipinski definition) is 1.